The first-order valence-electron chi connectivity index (χ1n) is 6.58. The van der Waals surface area contributed by atoms with Gasteiger partial charge in [0.15, 0.2) is 0 Å². The number of nitrogens with zero attached hydrogens (tertiary/aromatic N) is 1. The summed E-state index contributed by atoms with van der Waals surface area (Å²) in [5.41, 5.74) is -1.97. The summed E-state index contributed by atoms with van der Waals surface area (Å²) in [7, 11) is 2.71. The van der Waals surface area contributed by atoms with Gasteiger partial charge in [-0.25, -0.2) is 0 Å². The van der Waals surface area contributed by atoms with Crippen LogP contribution in [0.4, 0.5) is 5.69 Å². The van der Waals surface area contributed by atoms with Gasteiger partial charge in [0.2, 0.25) is 0 Å². The molecule has 23 heavy (non-hydrogen) atoms. The van der Waals surface area contributed by atoms with E-state index < -0.39 is 33.7 Å². The third kappa shape index (κ3) is 4.24. The molecule has 0 aliphatic rings. The highest BCUT2D eigenvalue weighted by molar-refractivity contribution is 5.98. The minimum atomic E-state index is -1.71. The Labute approximate surface area is 131 Å². The van der Waals surface area contributed by atoms with Crippen LogP contribution in [0.25, 0.3) is 0 Å². The third-order valence-electron chi connectivity index (χ3n) is 3.25. The Morgan fingerprint density at radius 2 is 1.57 bits per heavy atom. The number of rotatable bonds is 9. The molecule has 0 heterocycles. The van der Waals surface area contributed by atoms with Crippen LogP contribution in [0.15, 0.2) is 6.07 Å². The molecule has 0 saturated carbocycles. The molecule has 0 aliphatic carbocycles. The number of aromatic carboxylic acids is 2. The van der Waals surface area contributed by atoms with Crippen molar-refractivity contribution >= 4 is 17.6 Å². The molecule has 0 amide bonds. The van der Waals surface area contributed by atoms with Gasteiger partial charge in [-0.15, -0.1) is 0 Å². The molecule has 1 aromatic carbocycles. The average molecular weight is 325 g/mol. The van der Waals surface area contributed by atoms with Crippen LogP contribution < -0.4 is 10.2 Å². The summed E-state index contributed by atoms with van der Waals surface area (Å²) < 4.78 is 9.65. The highest BCUT2D eigenvalue weighted by Gasteiger charge is 2.25. The number of nitro benzene ring substituents is 1. The minimum Gasteiger partial charge on any atom is -0.545 e. The molecule has 9 heteroatoms. The van der Waals surface area contributed by atoms with E-state index in [0.717, 1.165) is 6.07 Å². The number of ether oxygens (including phenoxy) is 2. The van der Waals surface area contributed by atoms with Crippen molar-refractivity contribution in [2.75, 3.05) is 27.4 Å². The van der Waals surface area contributed by atoms with E-state index in [-0.39, 0.29) is 37.2 Å². The predicted octanol–water partition coefficient (Wildman–Crippen LogP) is -1.30. The molecule has 0 unspecified atom stereocenters. The highest BCUT2D eigenvalue weighted by Crippen LogP contribution is 2.30. The number of carboxylic acids is 2. The van der Waals surface area contributed by atoms with Gasteiger partial charge in [-0.2, -0.15) is 0 Å². The molecule has 0 spiro atoms. The Bertz CT molecular complexity index is 581. The van der Waals surface area contributed by atoms with Gasteiger partial charge in [0, 0.05) is 43.4 Å². The standard InChI is InChI=1S/C14H17NO8/c1-22-5-3-8-10(13(16)17)7-11(15(20)21)9(4-6-23-2)12(8)14(18)19/h7H,3-6H2,1-2H3,(H,16,17)(H,18,19)/p-2. The molecule has 126 valence electrons. The van der Waals surface area contributed by atoms with Crippen molar-refractivity contribution in [3.63, 3.8) is 0 Å². The molecule has 1 rings (SSSR count). The summed E-state index contributed by atoms with van der Waals surface area (Å²) in [5.74, 6) is -3.41. The number of hydrogen-bond donors (Lipinski definition) is 0. The van der Waals surface area contributed by atoms with Gasteiger partial charge in [0.1, 0.15) is 0 Å². The van der Waals surface area contributed by atoms with Gasteiger partial charge in [-0.05, 0) is 12.0 Å². The van der Waals surface area contributed by atoms with Crippen molar-refractivity contribution in [1.29, 1.82) is 0 Å². The quantitative estimate of drug-likeness (QED) is 0.403. The minimum absolute atomic E-state index is 0.0233. The van der Waals surface area contributed by atoms with Crippen LogP contribution in [-0.4, -0.2) is 44.3 Å². The first-order chi connectivity index (χ1) is 10.8. The maximum absolute atomic E-state index is 11.5. The van der Waals surface area contributed by atoms with E-state index in [4.69, 9.17) is 9.47 Å². The zero-order chi connectivity index (χ0) is 17.6. The molecule has 1 aromatic rings. The molecule has 0 atom stereocenters. The normalized spacial score (nSPS) is 10.5. The number of hydrogen-bond acceptors (Lipinski definition) is 8. The van der Waals surface area contributed by atoms with Crippen molar-refractivity contribution in [2.24, 2.45) is 0 Å². The van der Waals surface area contributed by atoms with Crippen molar-refractivity contribution < 1.29 is 34.2 Å². The van der Waals surface area contributed by atoms with E-state index in [0.29, 0.717) is 0 Å². The van der Waals surface area contributed by atoms with Crippen LogP contribution in [-0.2, 0) is 22.3 Å². The van der Waals surface area contributed by atoms with E-state index >= 15 is 0 Å². The molecule has 0 aromatic heterocycles. The van der Waals surface area contributed by atoms with Crippen LogP contribution in [0, 0.1) is 10.1 Å². The van der Waals surface area contributed by atoms with E-state index in [9.17, 15) is 29.9 Å². The summed E-state index contributed by atoms with van der Waals surface area (Å²) in [6.07, 6.45) is -0.148. The third-order valence-corrected chi connectivity index (χ3v) is 3.25. The molecule has 0 N–H and O–H groups in total. The summed E-state index contributed by atoms with van der Waals surface area (Å²) in [6.45, 7) is 0.0532. The van der Waals surface area contributed by atoms with Gasteiger partial charge >= 0.3 is 0 Å². The fraction of sp³-hybridized carbons (Fsp3) is 0.429. The lowest BCUT2D eigenvalue weighted by Gasteiger charge is -2.20. The van der Waals surface area contributed by atoms with Gasteiger partial charge in [-0.1, -0.05) is 0 Å². The van der Waals surface area contributed by atoms with Crippen LogP contribution >= 0.6 is 0 Å². The van der Waals surface area contributed by atoms with E-state index in [1.807, 2.05) is 0 Å². The topological polar surface area (TPSA) is 142 Å². The van der Waals surface area contributed by atoms with Crippen LogP contribution in [0.2, 0.25) is 0 Å². The Morgan fingerprint density at radius 3 is 1.96 bits per heavy atom. The monoisotopic (exact) mass is 325 g/mol. The molecule has 0 aliphatic heterocycles. The zero-order valence-electron chi connectivity index (χ0n) is 12.6. The molecular formula is C14H15NO8-2. The average Bonchev–Trinajstić information content (AvgIpc) is 2.48. The Morgan fingerprint density at radius 1 is 1.04 bits per heavy atom. The maximum atomic E-state index is 11.5. The molecule has 0 bridgehead atoms. The summed E-state index contributed by atoms with van der Waals surface area (Å²) in [5, 5.41) is 33.9. The lowest BCUT2D eigenvalue weighted by Crippen LogP contribution is -2.31. The summed E-state index contributed by atoms with van der Waals surface area (Å²) in [6, 6.07) is 0.803. The van der Waals surface area contributed by atoms with E-state index in [2.05, 4.69) is 0 Å². The highest BCUT2D eigenvalue weighted by atomic mass is 16.6. The second-order valence-electron chi connectivity index (χ2n) is 4.59. The van der Waals surface area contributed by atoms with Crippen molar-refractivity contribution in [1.82, 2.24) is 0 Å². The largest absolute Gasteiger partial charge is 0.545 e. The van der Waals surface area contributed by atoms with Crippen molar-refractivity contribution in [2.45, 2.75) is 12.8 Å². The van der Waals surface area contributed by atoms with Crippen molar-refractivity contribution in [3.05, 3.63) is 38.4 Å². The first kappa shape index (κ1) is 18.5. The number of carbonyl (C=O) groups is 2. The number of carboxylic acid groups (broad SMARTS) is 2. The van der Waals surface area contributed by atoms with Gasteiger partial charge in [0.05, 0.1) is 30.1 Å². The Kier molecular flexibility index (Phi) is 6.61. The summed E-state index contributed by atoms with van der Waals surface area (Å²) >= 11 is 0. The second-order valence-corrected chi connectivity index (χ2v) is 4.59. The maximum Gasteiger partial charge on any atom is 0.274 e. The fourth-order valence-corrected chi connectivity index (χ4v) is 2.27. The number of nitro groups is 1. The van der Waals surface area contributed by atoms with E-state index in [1.165, 1.54) is 14.2 Å². The SMILES string of the molecule is COCCc1c(C(=O)[O-])cc([N+](=O)[O-])c(CCOC)c1C(=O)[O-]. The van der Waals surface area contributed by atoms with Gasteiger partial charge in [-0.3, -0.25) is 10.1 Å². The van der Waals surface area contributed by atoms with Gasteiger partial charge < -0.3 is 29.3 Å². The van der Waals surface area contributed by atoms with Gasteiger partial charge in [0.25, 0.3) is 5.69 Å². The van der Waals surface area contributed by atoms with Crippen molar-refractivity contribution in [3.8, 4) is 0 Å². The second kappa shape index (κ2) is 8.20. The zero-order valence-corrected chi connectivity index (χ0v) is 12.6. The van der Waals surface area contributed by atoms with E-state index in [1.54, 1.807) is 0 Å². The number of carbonyl (C=O) groups excluding carboxylic acids is 2. The first-order valence-corrected chi connectivity index (χ1v) is 6.58. The van der Waals surface area contributed by atoms with Crippen LogP contribution in [0.5, 0.6) is 0 Å². The van der Waals surface area contributed by atoms with Crippen LogP contribution in [0.1, 0.15) is 31.8 Å². The lowest BCUT2D eigenvalue weighted by atomic mass is 9.91. The molecular weight excluding hydrogens is 310 g/mol. The number of methoxy groups -OCH3 is 2. The molecule has 9 nitrogen and oxygen atoms in total. The fourth-order valence-electron chi connectivity index (χ4n) is 2.27. The van der Waals surface area contributed by atoms with Crippen LogP contribution in [0.3, 0.4) is 0 Å². The molecule has 0 fully saturated rings. The Balaban J connectivity index is 3.72. The molecule has 0 radical (unpaired) electrons. The summed E-state index contributed by atoms with van der Waals surface area (Å²) in [4.78, 5) is 33.1. The Hall–Kier alpha value is -2.52. The lowest BCUT2D eigenvalue weighted by molar-refractivity contribution is -0.385. The smallest absolute Gasteiger partial charge is 0.274 e. The number of benzene rings is 1. The molecule has 0 saturated heterocycles. The predicted molar refractivity (Wildman–Crippen MR) is 72.9 cm³/mol.